The smallest absolute Gasteiger partial charge is 0.294 e. The number of sulfonamides is 1. The van der Waals surface area contributed by atoms with E-state index in [4.69, 9.17) is 0 Å². The molecular formula is C12H13N3O4S2. The summed E-state index contributed by atoms with van der Waals surface area (Å²) < 4.78 is 25.0. The van der Waals surface area contributed by atoms with Crippen molar-refractivity contribution in [2.24, 2.45) is 0 Å². The highest BCUT2D eigenvalue weighted by Gasteiger charge is 2.15. The lowest BCUT2D eigenvalue weighted by Crippen LogP contribution is -2.43. The van der Waals surface area contributed by atoms with Gasteiger partial charge in [0.25, 0.3) is 15.9 Å². The molecule has 0 saturated carbocycles. The highest BCUT2D eigenvalue weighted by atomic mass is 32.2. The second-order valence-electron chi connectivity index (χ2n) is 4.20. The number of amides is 1. The number of aromatic nitrogens is 1. The number of aryl methyl sites for hydroxylation is 1. The Bertz CT molecular complexity index is 793. The maximum absolute atomic E-state index is 11.9. The van der Waals surface area contributed by atoms with Crippen LogP contribution in [0.3, 0.4) is 0 Å². The first-order valence-electron chi connectivity index (χ1n) is 5.91. The van der Waals surface area contributed by atoms with Crippen molar-refractivity contribution in [1.82, 2.24) is 14.8 Å². The second-order valence-corrected chi connectivity index (χ2v) is 6.70. The lowest BCUT2D eigenvalue weighted by atomic mass is 10.4. The van der Waals surface area contributed by atoms with E-state index in [9.17, 15) is 18.0 Å². The molecule has 0 bridgehead atoms. The Morgan fingerprint density at radius 3 is 2.52 bits per heavy atom. The summed E-state index contributed by atoms with van der Waals surface area (Å²) in [4.78, 5) is 24.9. The van der Waals surface area contributed by atoms with Crippen LogP contribution < -0.4 is 15.1 Å². The summed E-state index contributed by atoms with van der Waals surface area (Å²) in [5.41, 5.74) is 2.73. The van der Waals surface area contributed by atoms with Gasteiger partial charge < -0.3 is 0 Å². The van der Waals surface area contributed by atoms with Crippen LogP contribution in [0.1, 0.15) is 5.69 Å². The summed E-state index contributed by atoms with van der Waals surface area (Å²) in [5.74, 6) is -0.627. The Labute approximate surface area is 125 Å². The summed E-state index contributed by atoms with van der Waals surface area (Å²) in [6.45, 7) is 1.45. The highest BCUT2D eigenvalue weighted by Crippen LogP contribution is 2.05. The number of hydrogen-bond donors (Lipinski definition) is 2. The predicted molar refractivity (Wildman–Crippen MR) is 78.2 cm³/mol. The average Bonchev–Trinajstić information content (AvgIpc) is 2.78. The molecule has 0 atom stereocenters. The molecular weight excluding hydrogens is 314 g/mol. The Hall–Kier alpha value is -1.97. The Balaban J connectivity index is 2.00. The van der Waals surface area contributed by atoms with Gasteiger partial charge in [-0.25, -0.2) is 8.42 Å². The van der Waals surface area contributed by atoms with Crippen LogP contribution in [0, 0.1) is 6.92 Å². The summed E-state index contributed by atoms with van der Waals surface area (Å²) in [5, 5.41) is 1.63. The normalized spacial score (nSPS) is 11.3. The fourth-order valence-corrected chi connectivity index (χ4v) is 3.18. The van der Waals surface area contributed by atoms with Crippen molar-refractivity contribution >= 4 is 27.3 Å². The third-order valence-corrected chi connectivity index (χ3v) is 4.80. The van der Waals surface area contributed by atoms with Crippen molar-refractivity contribution in [2.45, 2.75) is 18.4 Å². The van der Waals surface area contributed by atoms with Gasteiger partial charge in [0.05, 0.1) is 4.90 Å². The highest BCUT2D eigenvalue weighted by molar-refractivity contribution is 7.89. The fraction of sp³-hybridized carbons (Fsp3) is 0.167. The van der Waals surface area contributed by atoms with Crippen molar-refractivity contribution in [3.05, 3.63) is 51.1 Å². The number of nitrogens with one attached hydrogen (secondary N) is 2. The first-order chi connectivity index (χ1) is 9.90. The van der Waals surface area contributed by atoms with Crippen LogP contribution >= 0.6 is 11.3 Å². The van der Waals surface area contributed by atoms with Gasteiger partial charge >= 0.3 is 4.87 Å². The molecule has 2 aromatic rings. The summed E-state index contributed by atoms with van der Waals surface area (Å²) in [6.07, 6.45) is 0. The molecule has 0 aliphatic heterocycles. The molecule has 0 unspecified atom stereocenters. The molecule has 1 aromatic carbocycles. The summed E-state index contributed by atoms with van der Waals surface area (Å²) in [7, 11) is -3.82. The van der Waals surface area contributed by atoms with Crippen LogP contribution in [0.4, 0.5) is 0 Å². The SMILES string of the molecule is Cc1csc(=O)n1CC(=O)NNS(=O)(=O)c1ccccc1. The van der Waals surface area contributed by atoms with Crippen molar-refractivity contribution in [3.63, 3.8) is 0 Å². The van der Waals surface area contributed by atoms with Gasteiger partial charge in [0.2, 0.25) is 0 Å². The Kier molecular flexibility index (Phi) is 4.56. The van der Waals surface area contributed by atoms with E-state index in [-0.39, 0.29) is 16.3 Å². The summed E-state index contributed by atoms with van der Waals surface area (Å²) in [6, 6.07) is 7.64. The molecule has 0 aliphatic rings. The van der Waals surface area contributed by atoms with Crippen LogP contribution in [0.5, 0.6) is 0 Å². The monoisotopic (exact) mass is 327 g/mol. The first-order valence-corrected chi connectivity index (χ1v) is 8.27. The number of hydrazine groups is 1. The average molecular weight is 327 g/mol. The van der Waals surface area contributed by atoms with Gasteiger partial charge in [-0.05, 0) is 19.1 Å². The summed E-state index contributed by atoms with van der Waals surface area (Å²) >= 11 is 0.982. The van der Waals surface area contributed by atoms with Crippen LogP contribution in [-0.2, 0) is 21.4 Å². The van der Waals surface area contributed by atoms with E-state index >= 15 is 0 Å². The van der Waals surface area contributed by atoms with Crippen LogP contribution in [0.2, 0.25) is 0 Å². The standard InChI is InChI=1S/C12H13N3O4S2/c1-9-8-20-12(17)15(9)7-11(16)13-14-21(18,19)10-5-3-2-4-6-10/h2-6,8,14H,7H2,1H3,(H,13,16). The molecule has 0 spiro atoms. The number of nitrogens with zero attached hydrogens (tertiary/aromatic N) is 1. The number of carbonyl (C=O) groups excluding carboxylic acids is 1. The minimum atomic E-state index is -3.82. The largest absolute Gasteiger partial charge is 0.307 e. The second kappa shape index (κ2) is 6.20. The molecule has 1 amide bonds. The zero-order chi connectivity index (χ0) is 15.5. The van der Waals surface area contributed by atoms with Gasteiger partial charge in [-0.3, -0.25) is 19.6 Å². The molecule has 7 nitrogen and oxygen atoms in total. The number of thiazole rings is 1. The van der Waals surface area contributed by atoms with E-state index in [0.717, 1.165) is 11.3 Å². The van der Waals surface area contributed by atoms with Gasteiger partial charge in [0.1, 0.15) is 6.54 Å². The zero-order valence-electron chi connectivity index (χ0n) is 11.1. The Morgan fingerprint density at radius 1 is 1.29 bits per heavy atom. The van der Waals surface area contributed by atoms with E-state index in [1.54, 1.807) is 30.5 Å². The van der Waals surface area contributed by atoms with Crippen molar-refractivity contribution < 1.29 is 13.2 Å². The van der Waals surface area contributed by atoms with E-state index in [2.05, 4.69) is 5.43 Å². The van der Waals surface area contributed by atoms with E-state index in [1.807, 2.05) is 4.83 Å². The van der Waals surface area contributed by atoms with Crippen LogP contribution in [-0.4, -0.2) is 18.9 Å². The molecule has 0 aliphatic carbocycles. The van der Waals surface area contributed by atoms with Crippen molar-refractivity contribution in [2.75, 3.05) is 0 Å². The topological polar surface area (TPSA) is 97.3 Å². The molecule has 0 fully saturated rings. The van der Waals surface area contributed by atoms with Gasteiger partial charge in [0, 0.05) is 11.1 Å². The lowest BCUT2D eigenvalue weighted by Gasteiger charge is -2.09. The van der Waals surface area contributed by atoms with Gasteiger partial charge in [-0.15, -0.1) is 4.83 Å². The van der Waals surface area contributed by atoms with Gasteiger partial charge in [-0.1, -0.05) is 29.5 Å². The fourth-order valence-electron chi connectivity index (χ4n) is 1.56. The molecule has 0 radical (unpaired) electrons. The number of rotatable bonds is 5. The minimum Gasteiger partial charge on any atom is -0.294 e. The van der Waals surface area contributed by atoms with Crippen LogP contribution in [0.15, 0.2) is 45.4 Å². The first kappa shape index (κ1) is 15.4. The molecule has 1 heterocycles. The van der Waals surface area contributed by atoms with E-state index in [0.29, 0.717) is 5.69 Å². The minimum absolute atomic E-state index is 0.0363. The Morgan fingerprint density at radius 2 is 1.95 bits per heavy atom. The van der Waals surface area contributed by atoms with Gasteiger partial charge in [0.15, 0.2) is 0 Å². The zero-order valence-corrected chi connectivity index (χ0v) is 12.7. The molecule has 112 valence electrons. The van der Waals surface area contributed by atoms with Crippen molar-refractivity contribution in [3.8, 4) is 0 Å². The van der Waals surface area contributed by atoms with Gasteiger partial charge in [-0.2, -0.15) is 0 Å². The lowest BCUT2D eigenvalue weighted by molar-refractivity contribution is -0.122. The van der Waals surface area contributed by atoms with E-state index in [1.165, 1.54) is 16.7 Å². The number of carbonyl (C=O) groups is 1. The van der Waals surface area contributed by atoms with Crippen LogP contribution in [0.25, 0.3) is 0 Å². The maximum Gasteiger partial charge on any atom is 0.307 e. The number of hydrogen-bond acceptors (Lipinski definition) is 5. The maximum atomic E-state index is 11.9. The molecule has 9 heteroatoms. The van der Waals surface area contributed by atoms with E-state index < -0.39 is 15.9 Å². The molecule has 2 N–H and O–H groups in total. The molecule has 21 heavy (non-hydrogen) atoms. The quantitative estimate of drug-likeness (QED) is 0.768. The predicted octanol–water partition coefficient (Wildman–Crippen LogP) is 0.228. The molecule has 1 aromatic heterocycles. The van der Waals surface area contributed by atoms with Crippen molar-refractivity contribution in [1.29, 1.82) is 0 Å². The molecule has 2 rings (SSSR count). The third kappa shape index (κ3) is 3.78. The third-order valence-electron chi connectivity index (χ3n) is 2.66. The molecule has 0 saturated heterocycles. The number of benzene rings is 1.